The summed E-state index contributed by atoms with van der Waals surface area (Å²) in [6.45, 7) is 0. The lowest BCUT2D eigenvalue weighted by Gasteiger charge is -2.36. The first-order valence-corrected chi connectivity index (χ1v) is 21.0. The van der Waals surface area contributed by atoms with Crippen molar-refractivity contribution in [2.45, 2.75) is 44.9 Å². The van der Waals surface area contributed by atoms with Gasteiger partial charge in [-0.25, -0.2) is 0 Å². The Balaban J connectivity index is 1.12. The smallest absolute Gasteiger partial charge is 0.0206 e. The first kappa shape index (κ1) is 31.2. The molecule has 0 nitrogen and oxygen atoms in total. The lowest BCUT2D eigenvalue weighted by atomic mass is 9.68. The molecule has 0 amide bonds. The number of rotatable bonds is 3. The van der Waals surface area contributed by atoms with E-state index in [0.29, 0.717) is 17.8 Å². The third-order valence-electron chi connectivity index (χ3n) is 14.4. The zero-order valence-electron chi connectivity index (χ0n) is 31.6. The van der Waals surface area contributed by atoms with Crippen molar-refractivity contribution in [3.05, 3.63) is 202 Å². The molecule has 0 radical (unpaired) electrons. The minimum atomic E-state index is 0.299. The average molecular weight is 715 g/mol. The maximum Gasteiger partial charge on any atom is 0.0206 e. The largest absolute Gasteiger partial charge is 0.0842 e. The van der Waals surface area contributed by atoms with E-state index >= 15 is 0 Å². The summed E-state index contributed by atoms with van der Waals surface area (Å²) >= 11 is 0. The molecule has 5 aromatic carbocycles. The minimum absolute atomic E-state index is 0.299. The molecule has 0 saturated carbocycles. The Labute approximate surface area is 329 Å². The second-order valence-corrected chi connectivity index (χ2v) is 17.1. The number of benzene rings is 5. The first-order chi connectivity index (χ1) is 27.8. The Kier molecular flexibility index (Phi) is 6.56. The standard InChI is InChI=1S/C56H42/c1-3-14-34(15-4-1)50-49-32-47-41-20-10-9-19-40(41)42-21-11-23-44(52(42)47)54(49)51(35-16-5-2-6-17-35)56-48-31-39-28-27-38(37-26-25-33-13-7-8-18-36(33)29-37)30-46(39)43-22-12-24-45(53(43)48)55(50)56/h1-7,9,11-17,19,21-26,30-32,36,43,53H,8,10,18,20,27-29H2. The van der Waals surface area contributed by atoms with Crippen LogP contribution in [0.2, 0.25) is 0 Å². The van der Waals surface area contributed by atoms with E-state index < -0.39 is 0 Å². The van der Waals surface area contributed by atoms with Gasteiger partial charge in [-0.3, -0.25) is 0 Å². The van der Waals surface area contributed by atoms with Crippen LogP contribution in [0.15, 0.2) is 180 Å². The molecule has 0 heterocycles. The average Bonchev–Trinajstić information content (AvgIpc) is 3.77. The molecule has 266 valence electrons. The highest BCUT2D eigenvalue weighted by molar-refractivity contribution is 6.30. The van der Waals surface area contributed by atoms with E-state index in [2.05, 4.69) is 152 Å². The second kappa shape index (κ2) is 11.8. The summed E-state index contributed by atoms with van der Waals surface area (Å²) in [5, 5.41) is 5.63. The zero-order valence-corrected chi connectivity index (χ0v) is 31.6. The van der Waals surface area contributed by atoms with Crippen LogP contribution in [0.25, 0.3) is 66.1 Å². The molecule has 13 rings (SSSR count). The summed E-state index contributed by atoms with van der Waals surface area (Å²) in [7, 11) is 0. The highest BCUT2D eigenvalue weighted by Gasteiger charge is 2.45. The van der Waals surface area contributed by atoms with Crippen molar-refractivity contribution in [3.63, 3.8) is 0 Å². The highest BCUT2D eigenvalue weighted by Crippen LogP contribution is 2.63. The fourth-order valence-electron chi connectivity index (χ4n) is 12.1. The first-order valence-electron chi connectivity index (χ1n) is 21.0. The van der Waals surface area contributed by atoms with E-state index in [0.717, 1.165) is 25.7 Å². The van der Waals surface area contributed by atoms with E-state index in [1.165, 1.54) is 113 Å². The van der Waals surface area contributed by atoms with Gasteiger partial charge in [0.25, 0.3) is 0 Å². The molecular formula is C56H42. The van der Waals surface area contributed by atoms with Crippen LogP contribution in [0.4, 0.5) is 0 Å². The van der Waals surface area contributed by atoms with Crippen molar-refractivity contribution in [1.29, 1.82) is 0 Å². The molecule has 5 aromatic rings. The van der Waals surface area contributed by atoms with Crippen molar-refractivity contribution in [2.75, 3.05) is 0 Å². The molecular weight excluding hydrogens is 673 g/mol. The molecule has 0 aliphatic heterocycles. The summed E-state index contributed by atoms with van der Waals surface area (Å²) in [5.74, 6) is 1.30. The monoisotopic (exact) mass is 714 g/mol. The van der Waals surface area contributed by atoms with Gasteiger partial charge in [-0.1, -0.05) is 146 Å². The predicted octanol–water partition coefficient (Wildman–Crippen LogP) is 14.7. The third kappa shape index (κ3) is 4.25. The molecule has 56 heavy (non-hydrogen) atoms. The van der Waals surface area contributed by atoms with Gasteiger partial charge < -0.3 is 0 Å². The van der Waals surface area contributed by atoms with Gasteiger partial charge in [-0.05, 0) is 173 Å². The maximum absolute atomic E-state index is 2.67. The quantitative estimate of drug-likeness (QED) is 0.163. The van der Waals surface area contributed by atoms with Gasteiger partial charge in [-0.15, -0.1) is 0 Å². The van der Waals surface area contributed by atoms with Gasteiger partial charge in [0.05, 0.1) is 0 Å². The fourth-order valence-corrected chi connectivity index (χ4v) is 12.1. The van der Waals surface area contributed by atoms with Crippen molar-refractivity contribution >= 4 is 43.8 Å². The number of allylic oxidation sites excluding steroid dienone is 20. The molecule has 0 aromatic heterocycles. The van der Waals surface area contributed by atoms with Gasteiger partial charge in [0, 0.05) is 11.8 Å². The Morgan fingerprint density at radius 1 is 0.571 bits per heavy atom. The van der Waals surface area contributed by atoms with Gasteiger partial charge in [0.1, 0.15) is 0 Å². The van der Waals surface area contributed by atoms with Gasteiger partial charge in [0.15, 0.2) is 0 Å². The van der Waals surface area contributed by atoms with E-state index in [1.807, 2.05) is 0 Å². The van der Waals surface area contributed by atoms with Crippen LogP contribution in [0.1, 0.15) is 67.2 Å². The van der Waals surface area contributed by atoms with Crippen LogP contribution < -0.4 is 0 Å². The normalized spacial score (nSPS) is 23.6. The van der Waals surface area contributed by atoms with Crippen molar-refractivity contribution in [2.24, 2.45) is 17.8 Å². The van der Waals surface area contributed by atoms with Crippen LogP contribution in [0.5, 0.6) is 0 Å². The van der Waals surface area contributed by atoms with Crippen molar-refractivity contribution in [3.8, 4) is 22.3 Å². The van der Waals surface area contributed by atoms with Crippen LogP contribution in [-0.2, 0) is 0 Å². The Hall–Kier alpha value is -5.98. The van der Waals surface area contributed by atoms with E-state index in [4.69, 9.17) is 0 Å². The van der Waals surface area contributed by atoms with E-state index in [1.54, 1.807) is 22.3 Å². The van der Waals surface area contributed by atoms with Crippen molar-refractivity contribution < 1.29 is 0 Å². The van der Waals surface area contributed by atoms with Gasteiger partial charge in [0.2, 0.25) is 0 Å². The maximum atomic E-state index is 2.67. The van der Waals surface area contributed by atoms with Crippen LogP contribution in [-0.4, -0.2) is 0 Å². The van der Waals surface area contributed by atoms with Crippen LogP contribution >= 0.6 is 0 Å². The summed E-state index contributed by atoms with van der Waals surface area (Å²) in [4.78, 5) is 0. The Morgan fingerprint density at radius 2 is 1.39 bits per heavy atom. The third-order valence-corrected chi connectivity index (χ3v) is 14.4. The lowest BCUT2D eigenvalue weighted by Crippen LogP contribution is -2.22. The highest BCUT2D eigenvalue weighted by atomic mass is 14.5. The number of hydrogen-bond acceptors (Lipinski definition) is 0. The minimum Gasteiger partial charge on any atom is -0.0842 e. The molecule has 0 N–H and O–H groups in total. The van der Waals surface area contributed by atoms with E-state index in [-0.39, 0.29) is 0 Å². The molecule has 8 aliphatic rings. The molecule has 3 atom stereocenters. The van der Waals surface area contributed by atoms with Crippen molar-refractivity contribution in [1.82, 2.24) is 0 Å². The number of fused-ring (bicyclic) bond motifs is 9. The molecule has 0 saturated heterocycles. The summed E-state index contributed by atoms with van der Waals surface area (Å²) < 4.78 is 0. The second-order valence-electron chi connectivity index (χ2n) is 17.1. The lowest BCUT2D eigenvalue weighted by molar-refractivity contribution is 0.551. The van der Waals surface area contributed by atoms with Crippen LogP contribution in [0, 0.1) is 17.8 Å². The molecule has 8 aliphatic carbocycles. The van der Waals surface area contributed by atoms with Crippen LogP contribution in [0.3, 0.4) is 0 Å². The summed E-state index contributed by atoms with van der Waals surface area (Å²) in [6, 6.07) is 32.4. The molecule has 3 unspecified atom stereocenters. The topological polar surface area (TPSA) is 0 Å². The Morgan fingerprint density at radius 3 is 2.27 bits per heavy atom. The van der Waals surface area contributed by atoms with Gasteiger partial charge >= 0.3 is 0 Å². The predicted molar refractivity (Wildman–Crippen MR) is 237 cm³/mol. The fraction of sp³-hybridized carbons (Fsp3) is 0.179. The summed E-state index contributed by atoms with van der Waals surface area (Å²) in [6.07, 6.45) is 35.2. The molecule has 0 fully saturated rings. The molecule has 0 heteroatoms. The zero-order chi connectivity index (χ0) is 36.5. The molecule has 0 bridgehead atoms. The molecule has 0 spiro atoms. The SMILES string of the molecule is C1=CC2C3=C(C=C4c5c(c(-c6ccccc6)c6cc7c8c(cccc8c6c5-c5ccccc5)C5=C7CCC=C5)C(=C1)C42)CCC(C1=CC=C2C=CCCC2C1)=C3. The Bertz CT molecular complexity index is 2960. The summed E-state index contributed by atoms with van der Waals surface area (Å²) in [5.41, 5.74) is 24.9. The number of hydrogen-bond donors (Lipinski definition) is 0. The van der Waals surface area contributed by atoms with E-state index in [9.17, 15) is 0 Å². The van der Waals surface area contributed by atoms with Gasteiger partial charge in [-0.2, -0.15) is 0 Å².